The highest BCUT2D eigenvalue weighted by Crippen LogP contribution is 2.12. The van der Waals surface area contributed by atoms with E-state index < -0.39 is 0 Å². The molecule has 0 spiro atoms. The molecule has 0 aromatic carbocycles. The lowest BCUT2D eigenvalue weighted by molar-refractivity contribution is 1.12. The first-order valence-electron chi connectivity index (χ1n) is 4.27. The summed E-state index contributed by atoms with van der Waals surface area (Å²) >= 11 is 0. The second kappa shape index (κ2) is 5.96. The molecule has 0 unspecified atom stereocenters. The first kappa shape index (κ1) is 10.2. The van der Waals surface area contributed by atoms with Crippen molar-refractivity contribution in [3.8, 4) is 0 Å². The lowest BCUT2D eigenvalue weighted by Crippen LogP contribution is -1.81. The average molecular weight is 150 g/mol. The second-order valence-corrected chi connectivity index (χ2v) is 2.51. The molecule has 0 aliphatic carbocycles. The molecule has 0 heterocycles. The maximum absolute atomic E-state index is 3.98. The lowest BCUT2D eigenvalue weighted by Gasteiger charge is -2.01. The summed E-state index contributed by atoms with van der Waals surface area (Å²) in [4.78, 5) is 0. The van der Waals surface area contributed by atoms with Crippen molar-refractivity contribution in [2.45, 2.75) is 33.6 Å². The van der Waals surface area contributed by atoms with E-state index in [0.717, 1.165) is 12.8 Å². The Hall–Kier alpha value is -0.780. The summed E-state index contributed by atoms with van der Waals surface area (Å²) in [5.74, 6) is 0. The first-order valence-corrected chi connectivity index (χ1v) is 4.27. The molecule has 0 saturated heterocycles. The van der Waals surface area contributed by atoms with Gasteiger partial charge in [0.05, 0.1) is 0 Å². The van der Waals surface area contributed by atoms with E-state index in [1.165, 1.54) is 11.1 Å². The van der Waals surface area contributed by atoms with Gasteiger partial charge in [0.15, 0.2) is 0 Å². The molecule has 62 valence electrons. The van der Waals surface area contributed by atoms with Crippen LogP contribution in [-0.4, -0.2) is 0 Å². The summed E-state index contributed by atoms with van der Waals surface area (Å²) < 4.78 is 0. The predicted octanol–water partition coefficient (Wildman–Crippen LogP) is 3.87. The molecule has 0 atom stereocenters. The monoisotopic (exact) mass is 150 g/mol. The van der Waals surface area contributed by atoms with Gasteiger partial charge in [0.2, 0.25) is 0 Å². The number of rotatable bonds is 4. The third-order valence-electron chi connectivity index (χ3n) is 1.68. The van der Waals surface area contributed by atoms with Gasteiger partial charge in [0.25, 0.3) is 0 Å². The zero-order chi connectivity index (χ0) is 8.69. The summed E-state index contributed by atoms with van der Waals surface area (Å²) in [7, 11) is 0. The second-order valence-electron chi connectivity index (χ2n) is 2.51. The molecule has 0 rings (SSSR count). The van der Waals surface area contributed by atoms with E-state index in [9.17, 15) is 0 Å². The summed E-state index contributed by atoms with van der Waals surface area (Å²) in [6.07, 6.45) is 8.54. The van der Waals surface area contributed by atoms with E-state index in [1.807, 2.05) is 0 Å². The van der Waals surface area contributed by atoms with Crippen LogP contribution in [0.2, 0.25) is 0 Å². The molecule has 0 aromatic heterocycles. The third kappa shape index (κ3) is 3.82. The van der Waals surface area contributed by atoms with Gasteiger partial charge in [-0.25, -0.2) is 0 Å². The fraction of sp³-hybridized carbons (Fsp3) is 0.455. The highest BCUT2D eigenvalue weighted by Gasteiger charge is 1.92. The van der Waals surface area contributed by atoms with Gasteiger partial charge in [0, 0.05) is 0 Å². The van der Waals surface area contributed by atoms with Crippen molar-refractivity contribution in [1.82, 2.24) is 0 Å². The van der Waals surface area contributed by atoms with Gasteiger partial charge >= 0.3 is 0 Å². The average Bonchev–Trinajstić information content (AvgIpc) is 2.05. The minimum absolute atomic E-state index is 1.04. The molecular formula is C11H18. The fourth-order valence-electron chi connectivity index (χ4n) is 0.867. The largest absolute Gasteiger partial charge is 0.0953 e. The molecule has 0 N–H and O–H groups in total. The minimum atomic E-state index is 1.04. The third-order valence-corrected chi connectivity index (χ3v) is 1.68. The molecule has 0 heteroatoms. The Bertz CT molecular complexity index is 170. The molecule has 0 aromatic rings. The summed E-state index contributed by atoms with van der Waals surface area (Å²) in [6.45, 7) is 10.3. The maximum atomic E-state index is 3.98. The molecule has 0 radical (unpaired) electrons. The van der Waals surface area contributed by atoms with Gasteiger partial charge < -0.3 is 0 Å². The highest BCUT2D eigenvalue weighted by molar-refractivity contribution is 5.36. The molecular weight excluding hydrogens is 132 g/mol. The van der Waals surface area contributed by atoms with Gasteiger partial charge in [-0.3, -0.25) is 0 Å². The lowest BCUT2D eigenvalue weighted by atomic mass is 10.0. The Morgan fingerprint density at radius 3 is 2.36 bits per heavy atom. The van der Waals surface area contributed by atoms with Crippen LogP contribution in [0.15, 0.2) is 36.0 Å². The van der Waals surface area contributed by atoms with Crippen LogP contribution in [0.3, 0.4) is 0 Å². The molecule has 11 heavy (non-hydrogen) atoms. The van der Waals surface area contributed by atoms with E-state index >= 15 is 0 Å². The minimum Gasteiger partial charge on any atom is -0.0953 e. The van der Waals surface area contributed by atoms with E-state index in [-0.39, 0.29) is 0 Å². The zero-order valence-electron chi connectivity index (χ0n) is 7.85. The molecule has 0 nitrogen and oxygen atoms in total. The van der Waals surface area contributed by atoms with Gasteiger partial charge in [0.1, 0.15) is 0 Å². The van der Waals surface area contributed by atoms with E-state index in [2.05, 4.69) is 45.6 Å². The molecule has 0 aliphatic heterocycles. The topological polar surface area (TPSA) is 0 Å². The van der Waals surface area contributed by atoms with Gasteiger partial charge in [-0.1, -0.05) is 38.7 Å². The number of allylic oxidation sites excluding steroid dienone is 5. The molecule has 0 fully saturated rings. The van der Waals surface area contributed by atoms with Gasteiger partial charge in [-0.05, 0) is 30.9 Å². The summed E-state index contributed by atoms with van der Waals surface area (Å²) in [6, 6.07) is 0. The maximum Gasteiger partial charge on any atom is -0.0276 e. The number of hydrogen-bond acceptors (Lipinski definition) is 0. The van der Waals surface area contributed by atoms with Crippen LogP contribution in [0.5, 0.6) is 0 Å². The van der Waals surface area contributed by atoms with Crippen LogP contribution < -0.4 is 0 Å². The quantitative estimate of drug-likeness (QED) is 0.534. The van der Waals surface area contributed by atoms with E-state index in [0.29, 0.717) is 0 Å². The van der Waals surface area contributed by atoms with Crippen molar-refractivity contribution in [1.29, 1.82) is 0 Å². The van der Waals surface area contributed by atoms with Crippen molar-refractivity contribution < 1.29 is 0 Å². The standard InChI is InChI=1S/C11H18/c1-5-8-9-11(7-3)10(4)6-2/h7-9H,4-6H2,1-3H3/b9-8-,11-7+. The van der Waals surface area contributed by atoms with Crippen LogP contribution in [0.25, 0.3) is 0 Å². The van der Waals surface area contributed by atoms with Crippen molar-refractivity contribution in [2.75, 3.05) is 0 Å². The normalized spacial score (nSPS) is 12.5. The van der Waals surface area contributed by atoms with Crippen molar-refractivity contribution in [3.05, 3.63) is 36.0 Å². The van der Waals surface area contributed by atoms with Crippen LogP contribution in [-0.2, 0) is 0 Å². The zero-order valence-corrected chi connectivity index (χ0v) is 7.85. The van der Waals surface area contributed by atoms with E-state index in [4.69, 9.17) is 0 Å². The smallest absolute Gasteiger partial charge is 0.0276 e. The van der Waals surface area contributed by atoms with Gasteiger partial charge in [-0.2, -0.15) is 0 Å². The summed E-state index contributed by atoms with van der Waals surface area (Å²) in [5, 5.41) is 0. The first-order chi connectivity index (χ1) is 5.26. The van der Waals surface area contributed by atoms with Crippen LogP contribution in [0.1, 0.15) is 33.6 Å². The van der Waals surface area contributed by atoms with E-state index in [1.54, 1.807) is 0 Å². The Labute approximate surface area is 70.3 Å². The Kier molecular flexibility index (Phi) is 5.54. The Morgan fingerprint density at radius 1 is 1.36 bits per heavy atom. The molecule has 0 amide bonds. The Morgan fingerprint density at radius 2 is 2.00 bits per heavy atom. The highest BCUT2D eigenvalue weighted by atomic mass is 14.0. The fourth-order valence-corrected chi connectivity index (χ4v) is 0.867. The van der Waals surface area contributed by atoms with Crippen LogP contribution in [0, 0.1) is 0 Å². The summed E-state index contributed by atoms with van der Waals surface area (Å²) in [5.41, 5.74) is 2.49. The molecule has 0 saturated carbocycles. The number of hydrogen-bond donors (Lipinski definition) is 0. The molecule has 0 aliphatic rings. The van der Waals surface area contributed by atoms with Crippen molar-refractivity contribution in [2.24, 2.45) is 0 Å². The van der Waals surface area contributed by atoms with Gasteiger partial charge in [-0.15, -0.1) is 0 Å². The SMILES string of the molecule is C=C(CC)C(/C=C\CC)=C/C. The van der Waals surface area contributed by atoms with Crippen LogP contribution in [0.4, 0.5) is 0 Å². The Balaban J connectivity index is 4.19. The van der Waals surface area contributed by atoms with Crippen LogP contribution >= 0.6 is 0 Å². The predicted molar refractivity (Wildman–Crippen MR) is 52.6 cm³/mol. The molecule has 0 bridgehead atoms. The van der Waals surface area contributed by atoms with Crippen molar-refractivity contribution >= 4 is 0 Å². The van der Waals surface area contributed by atoms with Crippen molar-refractivity contribution in [3.63, 3.8) is 0 Å².